The molecule has 2 rings (SSSR count). The smallest absolute Gasteiger partial charge is 0.0397 e. The van der Waals surface area contributed by atoms with Gasteiger partial charge >= 0.3 is 0 Å². The predicted molar refractivity (Wildman–Crippen MR) is 97.4 cm³/mol. The summed E-state index contributed by atoms with van der Waals surface area (Å²) in [6.07, 6.45) is 3.02. The standard InChI is InChI=1S/C17H23BrN2S/c1-3-15(19)12-13-11-14(18)6-7-17(13)20(2)9-8-16-5-4-10-21-16/h4-7,10-11,15H,3,8-9,12,19H2,1-2H3. The van der Waals surface area contributed by atoms with E-state index >= 15 is 0 Å². The number of nitrogens with zero attached hydrogens (tertiary/aromatic N) is 1. The van der Waals surface area contributed by atoms with Gasteiger partial charge in [-0.25, -0.2) is 0 Å². The topological polar surface area (TPSA) is 29.3 Å². The maximum Gasteiger partial charge on any atom is 0.0397 e. The molecule has 114 valence electrons. The van der Waals surface area contributed by atoms with Gasteiger partial charge in [-0.05, 0) is 54.5 Å². The number of benzene rings is 1. The molecule has 0 bridgehead atoms. The lowest BCUT2D eigenvalue weighted by Gasteiger charge is -2.24. The number of likely N-dealkylation sites (N-methyl/N-ethyl adjacent to an activating group) is 1. The van der Waals surface area contributed by atoms with Crippen molar-refractivity contribution in [3.63, 3.8) is 0 Å². The molecular formula is C17H23BrN2S. The van der Waals surface area contributed by atoms with Crippen molar-refractivity contribution in [1.29, 1.82) is 0 Å². The molecule has 0 aliphatic carbocycles. The van der Waals surface area contributed by atoms with Gasteiger partial charge in [0.05, 0.1) is 0 Å². The zero-order valence-corrected chi connectivity index (χ0v) is 15.1. The van der Waals surface area contributed by atoms with E-state index in [1.807, 2.05) is 11.3 Å². The Morgan fingerprint density at radius 1 is 1.33 bits per heavy atom. The molecule has 2 aromatic rings. The average molecular weight is 367 g/mol. The highest BCUT2D eigenvalue weighted by atomic mass is 79.9. The van der Waals surface area contributed by atoms with Crippen LogP contribution in [0.5, 0.6) is 0 Å². The fraction of sp³-hybridized carbons (Fsp3) is 0.412. The number of thiophene rings is 1. The Morgan fingerprint density at radius 2 is 2.14 bits per heavy atom. The molecule has 0 aliphatic heterocycles. The maximum atomic E-state index is 6.14. The van der Waals surface area contributed by atoms with E-state index in [9.17, 15) is 0 Å². The lowest BCUT2D eigenvalue weighted by Crippen LogP contribution is -2.25. The molecule has 1 atom stereocenters. The molecule has 2 N–H and O–H groups in total. The van der Waals surface area contributed by atoms with Crippen LogP contribution >= 0.6 is 27.3 Å². The Hall–Kier alpha value is -0.840. The molecule has 2 nitrogen and oxygen atoms in total. The summed E-state index contributed by atoms with van der Waals surface area (Å²) >= 11 is 5.40. The largest absolute Gasteiger partial charge is 0.374 e. The molecule has 0 saturated heterocycles. The zero-order valence-electron chi connectivity index (χ0n) is 12.7. The number of rotatable bonds is 7. The second kappa shape index (κ2) is 7.97. The van der Waals surface area contributed by atoms with E-state index in [2.05, 4.69) is 70.5 Å². The molecule has 1 heterocycles. The van der Waals surface area contributed by atoms with Crippen LogP contribution in [0.1, 0.15) is 23.8 Å². The van der Waals surface area contributed by atoms with E-state index in [1.165, 1.54) is 16.1 Å². The zero-order chi connectivity index (χ0) is 15.2. The minimum Gasteiger partial charge on any atom is -0.374 e. The third kappa shape index (κ3) is 4.83. The van der Waals surface area contributed by atoms with Gasteiger partial charge in [0.25, 0.3) is 0 Å². The van der Waals surface area contributed by atoms with Crippen molar-refractivity contribution in [1.82, 2.24) is 0 Å². The summed E-state index contributed by atoms with van der Waals surface area (Å²) in [4.78, 5) is 3.77. The van der Waals surface area contributed by atoms with Gasteiger partial charge in [-0.15, -0.1) is 11.3 Å². The molecule has 21 heavy (non-hydrogen) atoms. The highest BCUT2D eigenvalue weighted by Gasteiger charge is 2.11. The van der Waals surface area contributed by atoms with Gasteiger partial charge in [-0.1, -0.05) is 28.9 Å². The normalized spacial score (nSPS) is 12.4. The molecule has 0 amide bonds. The van der Waals surface area contributed by atoms with E-state index in [-0.39, 0.29) is 6.04 Å². The molecule has 1 aromatic heterocycles. The van der Waals surface area contributed by atoms with Crippen molar-refractivity contribution >= 4 is 33.0 Å². The minimum atomic E-state index is 0.226. The minimum absolute atomic E-state index is 0.226. The number of hydrogen-bond donors (Lipinski definition) is 1. The fourth-order valence-corrected chi connectivity index (χ4v) is 3.48. The van der Waals surface area contributed by atoms with Gasteiger partial charge in [0.1, 0.15) is 0 Å². The average Bonchev–Trinajstić information content (AvgIpc) is 2.98. The Morgan fingerprint density at radius 3 is 2.81 bits per heavy atom. The summed E-state index contributed by atoms with van der Waals surface area (Å²) in [5, 5.41) is 2.14. The third-order valence-electron chi connectivity index (χ3n) is 3.73. The lowest BCUT2D eigenvalue weighted by atomic mass is 10.0. The number of halogens is 1. The van der Waals surface area contributed by atoms with Gasteiger partial charge < -0.3 is 10.6 Å². The quantitative estimate of drug-likeness (QED) is 0.782. The monoisotopic (exact) mass is 366 g/mol. The highest BCUT2D eigenvalue weighted by molar-refractivity contribution is 9.10. The summed E-state index contributed by atoms with van der Waals surface area (Å²) in [7, 11) is 2.16. The van der Waals surface area contributed by atoms with Crippen LogP contribution in [0.3, 0.4) is 0 Å². The van der Waals surface area contributed by atoms with E-state index in [0.29, 0.717) is 0 Å². The number of anilines is 1. The van der Waals surface area contributed by atoms with Crippen molar-refractivity contribution in [3.05, 3.63) is 50.6 Å². The Balaban J connectivity index is 2.09. The molecule has 1 aromatic carbocycles. The third-order valence-corrected chi connectivity index (χ3v) is 5.16. The summed E-state index contributed by atoms with van der Waals surface area (Å²) in [5.41, 5.74) is 8.76. The lowest BCUT2D eigenvalue weighted by molar-refractivity contribution is 0.645. The van der Waals surface area contributed by atoms with Gasteiger partial charge in [0.15, 0.2) is 0 Å². The van der Waals surface area contributed by atoms with Gasteiger partial charge in [-0.3, -0.25) is 0 Å². The van der Waals surface area contributed by atoms with Crippen LogP contribution in [-0.2, 0) is 12.8 Å². The van der Waals surface area contributed by atoms with Crippen LogP contribution in [0.2, 0.25) is 0 Å². The molecule has 0 aliphatic rings. The van der Waals surface area contributed by atoms with Gasteiger partial charge in [-0.2, -0.15) is 0 Å². The Labute approximate surface area is 140 Å². The molecule has 1 unspecified atom stereocenters. The van der Waals surface area contributed by atoms with Crippen molar-refractivity contribution in [2.45, 2.75) is 32.2 Å². The summed E-state index contributed by atoms with van der Waals surface area (Å²) in [5.74, 6) is 0. The van der Waals surface area contributed by atoms with Crippen LogP contribution in [-0.4, -0.2) is 19.6 Å². The van der Waals surface area contributed by atoms with Crippen LogP contribution < -0.4 is 10.6 Å². The van der Waals surface area contributed by atoms with E-state index in [4.69, 9.17) is 5.73 Å². The van der Waals surface area contributed by atoms with Crippen molar-refractivity contribution in [3.8, 4) is 0 Å². The number of nitrogens with two attached hydrogens (primary N) is 1. The highest BCUT2D eigenvalue weighted by Crippen LogP contribution is 2.26. The SMILES string of the molecule is CCC(N)Cc1cc(Br)ccc1N(C)CCc1cccs1. The Bertz CT molecular complexity index is 554. The Kier molecular flexibility index (Phi) is 6.27. The van der Waals surface area contributed by atoms with Crippen LogP contribution in [0.4, 0.5) is 5.69 Å². The first kappa shape index (κ1) is 16.5. The van der Waals surface area contributed by atoms with Crippen molar-refractivity contribution in [2.75, 3.05) is 18.5 Å². The molecule has 0 fully saturated rings. The maximum absolute atomic E-state index is 6.14. The van der Waals surface area contributed by atoms with Crippen molar-refractivity contribution in [2.24, 2.45) is 5.73 Å². The van der Waals surface area contributed by atoms with Crippen LogP contribution in [0, 0.1) is 0 Å². The molecule has 4 heteroatoms. The first-order chi connectivity index (χ1) is 10.1. The summed E-state index contributed by atoms with van der Waals surface area (Å²) in [6.45, 7) is 3.17. The van der Waals surface area contributed by atoms with Gasteiger partial charge in [0, 0.05) is 34.7 Å². The van der Waals surface area contributed by atoms with Crippen molar-refractivity contribution < 1.29 is 0 Å². The second-order valence-electron chi connectivity index (χ2n) is 5.40. The second-order valence-corrected chi connectivity index (χ2v) is 7.34. The van der Waals surface area contributed by atoms with Crippen LogP contribution in [0.25, 0.3) is 0 Å². The van der Waals surface area contributed by atoms with Crippen LogP contribution in [0.15, 0.2) is 40.2 Å². The first-order valence-electron chi connectivity index (χ1n) is 7.37. The summed E-state index contributed by atoms with van der Waals surface area (Å²) < 4.78 is 1.12. The van der Waals surface area contributed by atoms with E-state index < -0.39 is 0 Å². The summed E-state index contributed by atoms with van der Waals surface area (Å²) in [6, 6.07) is 11.0. The van der Waals surface area contributed by atoms with E-state index in [1.54, 1.807) is 0 Å². The molecular weight excluding hydrogens is 344 g/mol. The molecule has 0 saturated carbocycles. The molecule has 0 radical (unpaired) electrons. The molecule has 0 spiro atoms. The fourth-order valence-electron chi connectivity index (χ4n) is 2.37. The van der Waals surface area contributed by atoms with Gasteiger partial charge in [0.2, 0.25) is 0 Å². The predicted octanol–water partition coefficient (Wildman–Crippen LogP) is 4.47. The number of hydrogen-bond acceptors (Lipinski definition) is 3. The van der Waals surface area contributed by atoms with E-state index in [0.717, 1.165) is 30.3 Å². The first-order valence-corrected chi connectivity index (χ1v) is 9.05.